The SMILES string of the molecule is Cc1c(N)ccc(CC(N)C(=O)O)c1O. The summed E-state index contributed by atoms with van der Waals surface area (Å²) >= 11 is 0. The van der Waals surface area contributed by atoms with Gasteiger partial charge in [0.05, 0.1) is 0 Å². The number of aromatic hydroxyl groups is 1. The molecule has 0 amide bonds. The maximum Gasteiger partial charge on any atom is 0.320 e. The van der Waals surface area contributed by atoms with E-state index in [0.717, 1.165) is 0 Å². The number of rotatable bonds is 3. The highest BCUT2D eigenvalue weighted by atomic mass is 16.4. The highest BCUT2D eigenvalue weighted by molar-refractivity contribution is 5.74. The minimum Gasteiger partial charge on any atom is -0.507 e. The zero-order valence-corrected chi connectivity index (χ0v) is 8.40. The molecule has 5 heteroatoms. The van der Waals surface area contributed by atoms with Gasteiger partial charge in [0.2, 0.25) is 0 Å². The first-order chi connectivity index (χ1) is 6.93. The first-order valence-electron chi connectivity index (χ1n) is 4.48. The van der Waals surface area contributed by atoms with Crippen LogP contribution in [-0.4, -0.2) is 22.2 Å². The van der Waals surface area contributed by atoms with E-state index >= 15 is 0 Å². The molecule has 5 nitrogen and oxygen atoms in total. The molecule has 1 rings (SSSR count). The molecule has 1 unspecified atom stereocenters. The fourth-order valence-electron chi connectivity index (χ4n) is 1.26. The third kappa shape index (κ3) is 2.38. The maximum atomic E-state index is 10.5. The van der Waals surface area contributed by atoms with Crippen LogP contribution in [0.25, 0.3) is 0 Å². The van der Waals surface area contributed by atoms with Crippen LogP contribution < -0.4 is 11.5 Å². The molecular weight excluding hydrogens is 196 g/mol. The van der Waals surface area contributed by atoms with Crippen LogP contribution in [0.15, 0.2) is 12.1 Å². The molecule has 1 aromatic rings. The fourth-order valence-corrected chi connectivity index (χ4v) is 1.26. The highest BCUT2D eigenvalue weighted by Gasteiger charge is 2.15. The standard InChI is InChI=1S/C10H14N2O3/c1-5-7(11)3-2-6(9(5)13)4-8(12)10(14)15/h2-3,8,13H,4,11-12H2,1H3,(H,14,15). The van der Waals surface area contributed by atoms with Gasteiger partial charge in [0.1, 0.15) is 11.8 Å². The van der Waals surface area contributed by atoms with Crippen molar-refractivity contribution < 1.29 is 15.0 Å². The Hall–Kier alpha value is -1.75. The van der Waals surface area contributed by atoms with Gasteiger partial charge in [-0.05, 0) is 18.6 Å². The van der Waals surface area contributed by atoms with E-state index in [0.29, 0.717) is 16.8 Å². The van der Waals surface area contributed by atoms with Crippen LogP contribution in [-0.2, 0) is 11.2 Å². The number of aliphatic carboxylic acids is 1. The third-order valence-corrected chi connectivity index (χ3v) is 2.31. The number of benzene rings is 1. The van der Waals surface area contributed by atoms with Crippen LogP contribution in [0, 0.1) is 6.92 Å². The molecule has 6 N–H and O–H groups in total. The second-order valence-corrected chi connectivity index (χ2v) is 3.44. The second kappa shape index (κ2) is 4.18. The van der Waals surface area contributed by atoms with Crippen LogP contribution in [0.2, 0.25) is 0 Å². The van der Waals surface area contributed by atoms with E-state index in [1.165, 1.54) is 0 Å². The summed E-state index contributed by atoms with van der Waals surface area (Å²) in [6.45, 7) is 1.67. The van der Waals surface area contributed by atoms with E-state index < -0.39 is 12.0 Å². The molecule has 1 atom stereocenters. The third-order valence-electron chi connectivity index (χ3n) is 2.31. The minimum absolute atomic E-state index is 0.0201. The zero-order valence-electron chi connectivity index (χ0n) is 8.40. The summed E-state index contributed by atoms with van der Waals surface area (Å²) in [4.78, 5) is 10.5. The van der Waals surface area contributed by atoms with Gasteiger partial charge in [-0.2, -0.15) is 0 Å². The lowest BCUT2D eigenvalue weighted by Gasteiger charge is -2.11. The number of phenolic OH excluding ortho intramolecular Hbond substituents is 1. The van der Waals surface area contributed by atoms with Crippen molar-refractivity contribution in [2.75, 3.05) is 5.73 Å². The molecule has 0 heterocycles. The number of nitrogen functional groups attached to an aromatic ring is 1. The molecule has 0 aromatic heterocycles. The maximum absolute atomic E-state index is 10.5. The van der Waals surface area contributed by atoms with Crippen LogP contribution in [0.4, 0.5) is 5.69 Å². The first-order valence-corrected chi connectivity index (χ1v) is 4.48. The van der Waals surface area contributed by atoms with Gasteiger partial charge in [0.25, 0.3) is 0 Å². The summed E-state index contributed by atoms with van der Waals surface area (Å²) in [6, 6.07) is 2.19. The lowest BCUT2D eigenvalue weighted by molar-refractivity contribution is -0.138. The largest absolute Gasteiger partial charge is 0.507 e. The van der Waals surface area contributed by atoms with Crippen LogP contribution in [0.1, 0.15) is 11.1 Å². The average molecular weight is 210 g/mol. The number of anilines is 1. The molecule has 0 radical (unpaired) electrons. The van der Waals surface area contributed by atoms with Crippen molar-refractivity contribution in [2.24, 2.45) is 5.73 Å². The molecule has 82 valence electrons. The van der Waals surface area contributed by atoms with Crippen molar-refractivity contribution in [1.82, 2.24) is 0 Å². The van der Waals surface area contributed by atoms with Crippen molar-refractivity contribution in [1.29, 1.82) is 0 Å². The smallest absolute Gasteiger partial charge is 0.320 e. The minimum atomic E-state index is -1.09. The predicted octanol–water partition coefficient (Wildman–Crippen LogP) is 0.237. The average Bonchev–Trinajstić information content (AvgIpc) is 2.18. The molecule has 0 saturated heterocycles. The summed E-state index contributed by atoms with van der Waals surface area (Å²) in [5.41, 5.74) is 12.5. The molecule has 0 spiro atoms. The normalized spacial score (nSPS) is 12.4. The van der Waals surface area contributed by atoms with Gasteiger partial charge in [-0.1, -0.05) is 6.07 Å². The van der Waals surface area contributed by atoms with Crippen LogP contribution in [0.3, 0.4) is 0 Å². The number of hydrogen-bond acceptors (Lipinski definition) is 4. The number of carboxylic acid groups (broad SMARTS) is 1. The lowest BCUT2D eigenvalue weighted by atomic mass is 10.0. The Morgan fingerprint density at radius 2 is 2.13 bits per heavy atom. The van der Waals surface area contributed by atoms with E-state index in [9.17, 15) is 9.90 Å². The van der Waals surface area contributed by atoms with Gasteiger partial charge in [-0.15, -0.1) is 0 Å². The van der Waals surface area contributed by atoms with Gasteiger partial charge in [-0.25, -0.2) is 0 Å². The van der Waals surface area contributed by atoms with E-state index in [-0.39, 0.29) is 12.2 Å². The van der Waals surface area contributed by atoms with Crippen molar-refractivity contribution in [3.63, 3.8) is 0 Å². The Morgan fingerprint density at radius 1 is 1.53 bits per heavy atom. The van der Waals surface area contributed by atoms with Gasteiger partial charge in [-0.3, -0.25) is 4.79 Å². The number of nitrogens with two attached hydrogens (primary N) is 2. The summed E-state index contributed by atoms with van der Waals surface area (Å²) in [7, 11) is 0. The van der Waals surface area contributed by atoms with Crippen LogP contribution >= 0.6 is 0 Å². The van der Waals surface area contributed by atoms with Crippen molar-refractivity contribution in [3.05, 3.63) is 23.3 Å². The van der Waals surface area contributed by atoms with E-state index in [2.05, 4.69) is 0 Å². The van der Waals surface area contributed by atoms with E-state index in [4.69, 9.17) is 16.6 Å². The van der Waals surface area contributed by atoms with Crippen molar-refractivity contribution in [2.45, 2.75) is 19.4 Å². The Labute approximate surface area is 87.3 Å². The lowest BCUT2D eigenvalue weighted by Crippen LogP contribution is -2.32. The number of phenols is 1. The quantitative estimate of drug-likeness (QED) is 0.534. The molecule has 0 aliphatic rings. The Balaban J connectivity index is 2.97. The zero-order chi connectivity index (χ0) is 11.6. The summed E-state index contributed by atoms with van der Waals surface area (Å²) < 4.78 is 0. The molecule has 0 aliphatic heterocycles. The Morgan fingerprint density at radius 3 is 2.67 bits per heavy atom. The monoisotopic (exact) mass is 210 g/mol. The topological polar surface area (TPSA) is 110 Å². The molecular formula is C10H14N2O3. The predicted molar refractivity (Wildman–Crippen MR) is 56.6 cm³/mol. The van der Waals surface area contributed by atoms with Crippen molar-refractivity contribution in [3.8, 4) is 5.75 Å². The molecule has 15 heavy (non-hydrogen) atoms. The van der Waals surface area contributed by atoms with Crippen LogP contribution in [0.5, 0.6) is 5.75 Å². The van der Waals surface area contributed by atoms with Gasteiger partial charge >= 0.3 is 5.97 Å². The Bertz CT molecular complexity index is 390. The van der Waals surface area contributed by atoms with Gasteiger partial charge in [0.15, 0.2) is 0 Å². The number of carbonyl (C=O) groups is 1. The second-order valence-electron chi connectivity index (χ2n) is 3.44. The van der Waals surface area contributed by atoms with Gasteiger partial charge in [0, 0.05) is 17.7 Å². The highest BCUT2D eigenvalue weighted by Crippen LogP contribution is 2.27. The molecule has 0 fully saturated rings. The number of hydrogen-bond donors (Lipinski definition) is 4. The summed E-state index contributed by atoms with van der Waals surface area (Å²) in [5, 5.41) is 18.3. The van der Waals surface area contributed by atoms with E-state index in [1.807, 2.05) is 0 Å². The molecule has 0 bridgehead atoms. The number of carboxylic acids is 1. The summed E-state index contributed by atoms with van der Waals surface area (Å²) in [6.07, 6.45) is 0.0856. The Kier molecular flexibility index (Phi) is 3.16. The molecule has 0 saturated carbocycles. The summed E-state index contributed by atoms with van der Waals surface area (Å²) in [5.74, 6) is -1.07. The van der Waals surface area contributed by atoms with Crippen molar-refractivity contribution >= 4 is 11.7 Å². The molecule has 0 aliphatic carbocycles. The fraction of sp³-hybridized carbons (Fsp3) is 0.300. The first kappa shape index (κ1) is 11.3. The van der Waals surface area contributed by atoms with E-state index in [1.54, 1.807) is 19.1 Å². The van der Waals surface area contributed by atoms with Gasteiger partial charge < -0.3 is 21.7 Å². The molecule has 1 aromatic carbocycles.